The number of sulfonamides is 1. The van der Waals surface area contributed by atoms with Crippen LogP contribution in [0.2, 0.25) is 0 Å². The minimum Gasteiger partial charge on any atom is -0.310 e. The van der Waals surface area contributed by atoms with Crippen LogP contribution in [0, 0.1) is 5.92 Å². The fourth-order valence-electron chi connectivity index (χ4n) is 4.02. The van der Waals surface area contributed by atoms with E-state index in [4.69, 9.17) is 0 Å². The van der Waals surface area contributed by atoms with Crippen LogP contribution in [0.4, 0.5) is 0 Å². The number of piperidine rings is 1. The zero-order chi connectivity index (χ0) is 14.2. The summed E-state index contributed by atoms with van der Waals surface area (Å²) >= 11 is 0. The van der Waals surface area contributed by atoms with Gasteiger partial charge in [0, 0.05) is 38.3 Å². The molecule has 3 unspecified atom stereocenters. The Kier molecular flexibility index (Phi) is 5.93. The van der Waals surface area contributed by atoms with E-state index < -0.39 is 10.0 Å². The molecule has 7 heteroatoms. The van der Waals surface area contributed by atoms with Gasteiger partial charge in [0.15, 0.2) is 0 Å². The maximum absolute atomic E-state index is 11.7. The molecule has 0 saturated carbocycles. The number of nitrogens with zero attached hydrogens (tertiary/aromatic N) is 2. The maximum atomic E-state index is 11.7. The predicted molar refractivity (Wildman–Crippen MR) is 87.4 cm³/mol. The fraction of sp³-hybridized carbons (Fsp3) is 1.00. The summed E-state index contributed by atoms with van der Waals surface area (Å²) in [7, 11) is -3.01. The van der Waals surface area contributed by atoms with Crippen molar-refractivity contribution in [3.8, 4) is 0 Å². The normalized spacial score (nSPS) is 35.2. The van der Waals surface area contributed by atoms with Crippen LogP contribution in [0.25, 0.3) is 0 Å². The first-order valence-electron chi connectivity index (χ1n) is 7.94. The summed E-state index contributed by atoms with van der Waals surface area (Å²) in [5, 5.41) is 3.71. The Bertz CT molecular complexity index is 446. The highest BCUT2D eigenvalue weighted by Gasteiger charge is 2.32. The minimum absolute atomic E-state index is 0. The molecule has 3 atom stereocenters. The molecule has 0 aliphatic carbocycles. The second kappa shape index (κ2) is 7.13. The Balaban J connectivity index is 0.00000161. The van der Waals surface area contributed by atoms with E-state index in [1.165, 1.54) is 38.5 Å². The first-order chi connectivity index (χ1) is 9.50. The van der Waals surface area contributed by atoms with Crippen molar-refractivity contribution in [1.29, 1.82) is 0 Å². The topological polar surface area (TPSA) is 52.7 Å². The second-order valence-corrected chi connectivity index (χ2v) is 8.80. The molecule has 3 aliphatic rings. The molecule has 1 N–H and O–H groups in total. The number of likely N-dealkylation sites (tertiary alicyclic amines) is 1. The fourth-order valence-corrected chi connectivity index (χ4v) is 4.97. The van der Waals surface area contributed by atoms with Crippen molar-refractivity contribution in [3.63, 3.8) is 0 Å². The van der Waals surface area contributed by atoms with Gasteiger partial charge in [0.2, 0.25) is 10.0 Å². The Labute approximate surface area is 134 Å². The average molecular weight is 338 g/mol. The molecule has 0 aromatic heterocycles. The maximum Gasteiger partial charge on any atom is 0.211 e. The van der Waals surface area contributed by atoms with Gasteiger partial charge in [-0.3, -0.25) is 0 Å². The van der Waals surface area contributed by atoms with Crippen molar-refractivity contribution >= 4 is 22.4 Å². The van der Waals surface area contributed by atoms with Crippen LogP contribution < -0.4 is 5.32 Å². The molecule has 124 valence electrons. The average Bonchev–Trinajstić information content (AvgIpc) is 2.72. The highest BCUT2D eigenvalue weighted by molar-refractivity contribution is 7.88. The van der Waals surface area contributed by atoms with Crippen LogP contribution >= 0.6 is 12.4 Å². The third kappa shape index (κ3) is 4.55. The molecule has 3 aliphatic heterocycles. The molecule has 0 aromatic rings. The molecule has 3 fully saturated rings. The quantitative estimate of drug-likeness (QED) is 0.831. The van der Waals surface area contributed by atoms with Crippen LogP contribution in [-0.4, -0.2) is 68.7 Å². The zero-order valence-corrected chi connectivity index (χ0v) is 14.5. The van der Waals surface area contributed by atoms with E-state index in [9.17, 15) is 8.42 Å². The first kappa shape index (κ1) is 17.5. The van der Waals surface area contributed by atoms with Crippen LogP contribution in [0.15, 0.2) is 0 Å². The van der Waals surface area contributed by atoms with Gasteiger partial charge in [-0.25, -0.2) is 12.7 Å². The Morgan fingerprint density at radius 2 is 1.81 bits per heavy atom. The molecule has 5 nitrogen and oxygen atoms in total. The summed E-state index contributed by atoms with van der Waals surface area (Å²) in [4.78, 5) is 2.56. The van der Waals surface area contributed by atoms with Gasteiger partial charge in [-0.15, -0.1) is 12.4 Å². The SMILES string of the molecule is CS(=O)(=O)N1CCCC(CN2CCC3CCC(C2)N3)C1.Cl. The van der Waals surface area contributed by atoms with Crippen LogP contribution in [0.3, 0.4) is 0 Å². The molecular formula is C14H28ClN3O2S. The molecule has 3 saturated heterocycles. The lowest BCUT2D eigenvalue weighted by Gasteiger charge is -2.35. The van der Waals surface area contributed by atoms with Gasteiger partial charge in [0.1, 0.15) is 0 Å². The number of nitrogens with one attached hydrogen (secondary N) is 1. The van der Waals surface area contributed by atoms with E-state index in [1.807, 2.05) is 0 Å². The van der Waals surface area contributed by atoms with Gasteiger partial charge in [0.05, 0.1) is 6.26 Å². The lowest BCUT2D eigenvalue weighted by Crippen LogP contribution is -2.45. The van der Waals surface area contributed by atoms with Gasteiger partial charge in [0.25, 0.3) is 0 Å². The lowest BCUT2D eigenvalue weighted by atomic mass is 9.98. The van der Waals surface area contributed by atoms with Crippen LogP contribution in [0.1, 0.15) is 32.1 Å². The molecule has 3 heterocycles. The van der Waals surface area contributed by atoms with Crippen LogP contribution in [-0.2, 0) is 10.0 Å². The minimum atomic E-state index is -3.01. The number of fused-ring (bicyclic) bond motifs is 2. The van der Waals surface area contributed by atoms with E-state index in [-0.39, 0.29) is 12.4 Å². The standard InChI is InChI=1S/C14H27N3O2S.ClH/c1-20(18,19)17-7-2-3-12(10-17)9-16-8-6-13-4-5-14(11-16)15-13;/h12-15H,2-11H2,1H3;1H. The summed E-state index contributed by atoms with van der Waals surface area (Å²) in [5.41, 5.74) is 0. The highest BCUT2D eigenvalue weighted by Crippen LogP contribution is 2.24. The number of rotatable bonds is 3. The molecule has 0 radical (unpaired) electrons. The summed E-state index contributed by atoms with van der Waals surface area (Å²) < 4.78 is 25.0. The zero-order valence-electron chi connectivity index (χ0n) is 12.8. The summed E-state index contributed by atoms with van der Waals surface area (Å²) in [6, 6.07) is 1.39. The first-order valence-corrected chi connectivity index (χ1v) is 9.79. The monoisotopic (exact) mass is 337 g/mol. The number of hydrogen-bond donors (Lipinski definition) is 1. The Hall–Kier alpha value is 0.120. The Morgan fingerprint density at radius 3 is 2.57 bits per heavy atom. The molecule has 3 rings (SSSR count). The Morgan fingerprint density at radius 1 is 1.05 bits per heavy atom. The van der Waals surface area contributed by atoms with Crippen molar-refractivity contribution in [2.75, 3.05) is 39.0 Å². The smallest absolute Gasteiger partial charge is 0.211 e. The third-order valence-electron chi connectivity index (χ3n) is 5.07. The van der Waals surface area contributed by atoms with Crippen molar-refractivity contribution in [1.82, 2.24) is 14.5 Å². The molecular weight excluding hydrogens is 310 g/mol. The number of hydrogen-bond acceptors (Lipinski definition) is 4. The highest BCUT2D eigenvalue weighted by atomic mass is 35.5. The van der Waals surface area contributed by atoms with Crippen LogP contribution in [0.5, 0.6) is 0 Å². The van der Waals surface area contributed by atoms with E-state index in [2.05, 4.69) is 10.2 Å². The van der Waals surface area contributed by atoms with Crippen molar-refractivity contribution in [2.24, 2.45) is 5.92 Å². The molecule has 2 bridgehead atoms. The lowest BCUT2D eigenvalue weighted by molar-refractivity contribution is 0.173. The van der Waals surface area contributed by atoms with Gasteiger partial charge >= 0.3 is 0 Å². The largest absolute Gasteiger partial charge is 0.310 e. The van der Waals surface area contributed by atoms with Gasteiger partial charge < -0.3 is 10.2 Å². The third-order valence-corrected chi connectivity index (χ3v) is 6.34. The number of halogens is 1. The van der Waals surface area contributed by atoms with Gasteiger partial charge in [-0.2, -0.15) is 0 Å². The van der Waals surface area contributed by atoms with Crippen molar-refractivity contribution in [2.45, 2.75) is 44.2 Å². The summed E-state index contributed by atoms with van der Waals surface area (Å²) in [5.74, 6) is 0.509. The van der Waals surface area contributed by atoms with Gasteiger partial charge in [-0.1, -0.05) is 0 Å². The van der Waals surface area contributed by atoms with Gasteiger partial charge in [-0.05, 0) is 44.6 Å². The second-order valence-electron chi connectivity index (χ2n) is 6.82. The van der Waals surface area contributed by atoms with E-state index >= 15 is 0 Å². The summed E-state index contributed by atoms with van der Waals surface area (Å²) in [6.07, 6.45) is 7.41. The van der Waals surface area contributed by atoms with Crippen molar-refractivity contribution in [3.05, 3.63) is 0 Å². The molecule has 0 spiro atoms. The van der Waals surface area contributed by atoms with E-state index in [1.54, 1.807) is 4.31 Å². The predicted octanol–water partition coefficient (Wildman–Crippen LogP) is 0.906. The van der Waals surface area contributed by atoms with E-state index in [0.717, 1.165) is 32.1 Å². The molecule has 21 heavy (non-hydrogen) atoms. The molecule has 0 amide bonds. The van der Waals surface area contributed by atoms with Crippen molar-refractivity contribution < 1.29 is 8.42 Å². The summed E-state index contributed by atoms with van der Waals surface area (Å²) in [6.45, 7) is 4.81. The molecule has 0 aromatic carbocycles. The van der Waals surface area contributed by atoms with E-state index in [0.29, 0.717) is 18.5 Å².